The van der Waals surface area contributed by atoms with Crippen molar-refractivity contribution < 1.29 is 19.4 Å². The van der Waals surface area contributed by atoms with E-state index in [9.17, 15) is 14.7 Å². The molecule has 0 aromatic heterocycles. The van der Waals surface area contributed by atoms with E-state index < -0.39 is 6.10 Å². The van der Waals surface area contributed by atoms with Gasteiger partial charge in [-0.3, -0.25) is 9.59 Å². The fourth-order valence-electron chi connectivity index (χ4n) is 3.84. The van der Waals surface area contributed by atoms with Gasteiger partial charge in [-0.25, -0.2) is 5.26 Å². The second-order valence-electron chi connectivity index (χ2n) is 8.49. The van der Waals surface area contributed by atoms with Gasteiger partial charge in [0.25, 0.3) is 12.6 Å². The zero-order valence-corrected chi connectivity index (χ0v) is 20.5. The Labute approximate surface area is 194 Å². The molecule has 0 bridgehead atoms. The molecule has 1 aliphatic carbocycles. The molecule has 3 atom stereocenters. The fourth-order valence-corrected chi connectivity index (χ4v) is 3.84. The van der Waals surface area contributed by atoms with Gasteiger partial charge in [-0.05, 0) is 51.9 Å². The molecule has 0 spiro atoms. The average molecular weight is 447 g/mol. The number of hydrogen-bond donors (Lipinski definition) is 3. The molecule has 32 heavy (non-hydrogen) atoms. The fraction of sp³-hybridized carbons (Fsp3) is 0.708. The number of allylic oxidation sites excluding steroid dienone is 2. The number of ether oxygens (including phenoxy) is 1. The SMILES string of the molecule is C/C=C\O/C(=C\C)C(=O)NC(C)CC1CCCCC1.CCC(NC=O)C(O)CB(C)C#N. The first kappa shape index (κ1) is 29.7. The Morgan fingerprint density at radius 2 is 1.97 bits per heavy atom. The Balaban J connectivity index is 0.000000649. The van der Waals surface area contributed by atoms with Crippen LogP contribution in [0.4, 0.5) is 0 Å². The van der Waals surface area contributed by atoms with Gasteiger partial charge in [0.05, 0.1) is 18.4 Å². The second kappa shape index (κ2) is 18.3. The molecule has 7 nitrogen and oxygen atoms in total. The van der Waals surface area contributed by atoms with E-state index in [1.165, 1.54) is 38.4 Å². The van der Waals surface area contributed by atoms with Crippen LogP contribution in [-0.4, -0.2) is 42.3 Å². The van der Waals surface area contributed by atoms with Crippen LogP contribution >= 0.6 is 0 Å². The molecule has 0 aliphatic heterocycles. The monoisotopic (exact) mass is 447 g/mol. The van der Waals surface area contributed by atoms with Crippen molar-refractivity contribution in [3.63, 3.8) is 0 Å². The summed E-state index contributed by atoms with van der Waals surface area (Å²) in [5.41, 5.74) is 0. The predicted molar refractivity (Wildman–Crippen MR) is 130 cm³/mol. The zero-order chi connectivity index (χ0) is 24.4. The van der Waals surface area contributed by atoms with Crippen molar-refractivity contribution in [1.29, 1.82) is 5.26 Å². The first-order chi connectivity index (χ1) is 15.3. The van der Waals surface area contributed by atoms with Crippen LogP contribution in [0.15, 0.2) is 24.2 Å². The number of nitrogens with zero attached hydrogens (tertiary/aromatic N) is 1. The first-order valence-corrected chi connectivity index (χ1v) is 11.8. The van der Waals surface area contributed by atoms with Crippen molar-refractivity contribution in [3.8, 4) is 5.97 Å². The lowest BCUT2D eigenvalue weighted by Crippen LogP contribution is -2.40. The van der Waals surface area contributed by atoms with E-state index in [0.717, 1.165) is 12.3 Å². The Hall–Kier alpha value is -2.27. The molecule has 180 valence electrons. The smallest absolute Gasteiger partial charge is 0.286 e. The van der Waals surface area contributed by atoms with Crippen molar-refractivity contribution in [2.24, 2.45) is 5.92 Å². The van der Waals surface area contributed by atoms with E-state index in [0.29, 0.717) is 24.9 Å². The van der Waals surface area contributed by atoms with E-state index in [1.54, 1.807) is 19.0 Å². The molecule has 3 unspecified atom stereocenters. The minimum Gasteiger partial charge on any atom is -0.460 e. The van der Waals surface area contributed by atoms with Gasteiger partial charge < -0.3 is 20.5 Å². The zero-order valence-electron chi connectivity index (χ0n) is 20.5. The summed E-state index contributed by atoms with van der Waals surface area (Å²) in [6.07, 6.45) is 13.8. The number of hydrogen-bond acceptors (Lipinski definition) is 5. The van der Waals surface area contributed by atoms with E-state index in [1.807, 2.05) is 26.7 Å². The van der Waals surface area contributed by atoms with Crippen molar-refractivity contribution in [2.45, 2.75) is 104 Å². The van der Waals surface area contributed by atoms with Crippen molar-refractivity contribution in [3.05, 3.63) is 24.2 Å². The maximum Gasteiger partial charge on any atom is 0.286 e. The third-order valence-electron chi connectivity index (χ3n) is 5.61. The standard InChI is InChI=1S/C16H27NO2.C8H15BN2O2/c1-4-11-19-15(5-2)16(18)17-13(3)12-14-9-7-6-8-10-14;1-3-7(11-6-12)8(13)4-9(2)5-10/h4-5,11,13-14H,6-10,12H2,1-3H3,(H,17,18);6-8,13H,3-4H2,1-2H3,(H,11,12)/b11-4-,15-5-;. The van der Waals surface area contributed by atoms with Gasteiger partial charge >= 0.3 is 0 Å². The summed E-state index contributed by atoms with van der Waals surface area (Å²) < 4.78 is 5.26. The number of aliphatic hydroxyl groups excluding tert-OH is 1. The Morgan fingerprint density at radius 3 is 2.47 bits per heavy atom. The lowest BCUT2D eigenvalue weighted by molar-refractivity contribution is -0.120. The molecule has 0 heterocycles. The van der Waals surface area contributed by atoms with Gasteiger partial charge in [-0.1, -0.05) is 51.9 Å². The topological polar surface area (TPSA) is 111 Å². The molecular formula is C24H42BN3O4. The van der Waals surface area contributed by atoms with E-state index in [4.69, 9.17) is 10.00 Å². The molecule has 8 heteroatoms. The quantitative estimate of drug-likeness (QED) is 0.181. The summed E-state index contributed by atoms with van der Waals surface area (Å²) >= 11 is 0. The number of nitriles is 1. The van der Waals surface area contributed by atoms with Crippen LogP contribution in [0, 0.1) is 17.1 Å². The van der Waals surface area contributed by atoms with E-state index >= 15 is 0 Å². The third kappa shape index (κ3) is 13.2. The van der Waals surface area contributed by atoms with Crippen LogP contribution in [0.5, 0.6) is 0 Å². The van der Waals surface area contributed by atoms with E-state index in [2.05, 4.69) is 17.6 Å². The highest BCUT2D eigenvalue weighted by molar-refractivity contribution is 6.65. The molecule has 0 aromatic rings. The number of aliphatic hydroxyl groups is 1. The Kier molecular flexibility index (Phi) is 17.0. The van der Waals surface area contributed by atoms with Crippen molar-refractivity contribution in [1.82, 2.24) is 10.6 Å². The van der Waals surface area contributed by atoms with Crippen LogP contribution in [0.1, 0.15) is 72.6 Å². The molecule has 3 N–H and O–H groups in total. The summed E-state index contributed by atoms with van der Waals surface area (Å²) in [6, 6.07) is -0.0342. The molecule has 1 saturated carbocycles. The molecule has 0 radical (unpaired) electrons. The van der Waals surface area contributed by atoms with Crippen LogP contribution in [-0.2, 0) is 14.3 Å². The predicted octanol–water partition coefficient (Wildman–Crippen LogP) is 3.97. The average Bonchev–Trinajstić information content (AvgIpc) is 2.78. The molecular weight excluding hydrogens is 405 g/mol. The summed E-state index contributed by atoms with van der Waals surface area (Å²) in [7, 11) is 0. The summed E-state index contributed by atoms with van der Waals surface area (Å²) in [6.45, 7) is 9.19. The summed E-state index contributed by atoms with van der Waals surface area (Å²) in [5.74, 6) is 3.06. The first-order valence-electron chi connectivity index (χ1n) is 11.8. The second-order valence-corrected chi connectivity index (χ2v) is 8.49. The van der Waals surface area contributed by atoms with Gasteiger partial charge in [-0.2, -0.15) is 0 Å². The van der Waals surface area contributed by atoms with Crippen molar-refractivity contribution in [2.75, 3.05) is 0 Å². The minimum atomic E-state index is -0.634. The number of nitrogens with one attached hydrogen (secondary N) is 2. The lowest BCUT2D eigenvalue weighted by Gasteiger charge is -2.25. The number of rotatable bonds is 12. The van der Waals surface area contributed by atoms with Gasteiger partial charge in [0, 0.05) is 12.0 Å². The van der Waals surface area contributed by atoms with Crippen LogP contribution in [0.3, 0.4) is 0 Å². The summed E-state index contributed by atoms with van der Waals surface area (Å²) in [5, 5.41) is 23.6. The molecule has 0 aromatic carbocycles. The van der Waals surface area contributed by atoms with Gasteiger partial charge in [0.2, 0.25) is 6.41 Å². The van der Waals surface area contributed by atoms with Crippen molar-refractivity contribution >= 4 is 19.0 Å². The number of amides is 2. The lowest BCUT2D eigenvalue weighted by atomic mass is 9.50. The molecule has 0 saturated heterocycles. The highest BCUT2D eigenvalue weighted by Gasteiger charge is 2.21. The summed E-state index contributed by atoms with van der Waals surface area (Å²) in [4.78, 5) is 22.1. The molecule has 1 aliphatic rings. The largest absolute Gasteiger partial charge is 0.460 e. The van der Waals surface area contributed by atoms with Crippen LogP contribution in [0.2, 0.25) is 13.1 Å². The van der Waals surface area contributed by atoms with E-state index in [-0.39, 0.29) is 24.7 Å². The Morgan fingerprint density at radius 1 is 1.31 bits per heavy atom. The maximum atomic E-state index is 12.0. The minimum absolute atomic E-state index is 0.121. The number of carbonyl (C=O) groups is 2. The maximum absolute atomic E-state index is 12.0. The van der Waals surface area contributed by atoms with Gasteiger partial charge in [0.1, 0.15) is 0 Å². The highest BCUT2D eigenvalue weighted by Crippen LogP contribution is 2.27. The molecule has 1 fully saturated rings. The molecule has 2 amide bonds. The van der Waals surface area contributed by atoms with Gasteiger partial charge in [0.15, 0.2) is 5.76 Å². The number of carbonyl (C=O) groups excluding carboxylic acids is 2. The molecule has 1 rings (SSSR count). The van der Waals surface area contributed by atoms with Crippen LogP contribution in [0.25, 0.3) is 0 Å². The highest BCUT2D eigenvalue weighted by atomic mass is 16.5. The van der Waals surface area contributed by atoms with Crippen LogP contribution < -0.4 is 10.6 Å². The third-order valence-corrected chi connectivity index (χ3v) is 5.61. The Bertz CT molecular complexity index is 627. The van der Waals surface area contributed by atoms with Gasteiger partial charge in [-0.15, -0.1) is 0 Å². The normalized spacial score (nSPS) is 17.2.